The SMILES string of the molecule is CC(C)Cc1nc(CSCc2nnnn2-c2ccccc2)no1. The summed E-state index contributed by atoms with van der Waals surface area (Å²) in [4.78, 5) is 4.39. The minimum Gasteiger partial charge on any atom is -0.339 e. The van der Waals surface area contributed by atoms with Crippen molar-refractivity contribution in [3.05, 3.63) is 47.9 Å². The third kappa shape index (κ3) is 4.16. The Kier molecular flexibility index (Phi) is 5.02. The molecule has 23 heavy (non-hydrogen) atoms. The molecular formula is C15H18N6OS. The molecule has 3 rings (SSSR count). The highest BCUT2D eigenvalue weighted by molar-refractivity contribution is 7.97. The number of tetrazole rings is 1. The summed E-state index contributed by atoms with van der Waals surface area (Å²) >= 11 is 1.66. The molecule has 0 amide bonds. The Morgan fingerprint density at radius 1 is 1.17 bits per heavy atom. The molecule has 0 spiro atoms. The van der Waals surface area contributed by atoms with Gasteiger partial charge in [0.15, 0.2) is 11.6 Å². The van der Waals surface area contributed by atoms with Crippen LogP contribution in [0.5, 0.6) is 0 Å². The van der Waals surface area contributed by atoms with Crippen molar-refractivity contribution >= 4 is 11.8 Å². The van der Waals surface area contributed by atoms with E-state index in [2.05, 4.69) is 39.5 Å². The summed E-state index contributed by atoms with van der Waals surface area (Å²) in [5.74, 6) is 4.06. The van der Waals surface area contributed by atoms with Gasteiger partial charge < -0.3 is 4.52 Å². The van der Waals surface area contributed by atoms with E-state index >= 15 is 0 Å². The Balaban J connectivity index is 1.57. The Labute approximate surface area is 138 Å². The maximum atomic E-state index is 5.24. The van der Waals surface area contributed by atoms with Gasteiger partial charge in [-0.3, -0.25) is 0 Å². The number of nitrogens with zero attached hydrogens (tertiary/aromatic N) is 6. The van der Waals surface area contributed by atoms with Crippen LogP contribution in [-0.4, -0.2) is 30.3 Å². The largest absolute Gasteiger partial charge is 0.339 e. The van der Waals surface area contributed by atoms with E-state index < -0.39 is 0 Å². The van der Waals surface area contributed by atoms with Crippen molar-refractivity contribution in [2.75, 3.05) is 0 Å². The molecule has 8 heteroatoms. The van der Waals surface area contributed by atoms with Crippen molar-refractivity contribution in [1.82, 2.24) is 30.3 Å². The molecule has 3 aromatic rings. The summed E-state index contributed by atoms with van der Waals surface area (Å²) in [6.45, 7) is 4.25. The summed E-state index contributed by atoms with van der Waals surface area (Å²) in [5.41, 5.74) is 0.951. The zero-order chi connectivity index (χ0) is 16.1. The Bertz CT molecular complexity index is 739. The molecule has 0 radical (unpaired) electrons. The van der Waals surface area contributed by atoms with Crippen LogP contribution < -0.4 is 0 Å². The van der Waals surface area contributed by atoms with Crippen LogP contribution in [0.1, 0.15) is 31.4 Å². The quantitative estimate of drug-likeness (QED) is 0.658. The molecule has 0 saturated carbocycles. The van der Waals surface area contributed by atoms with Crippen molar-refractivity contribution in [3.63, 3.8) is 0 Å². The van der Waals surface area contributed by atoms with Gasteiger partial charge in [0.25, 0.3) is 0 Å². The van der Waals surface area contributed by atoms with Crippen LogP contribution in [0.15, 0.2) is 34.9 Å². The van der Waals surface area contributed by atoms with E-state index in [0.29, 0.717) is 29.1 Å². The fourth-order valence-electron chi connectivity index (χ4n) is 2.08. The van der Waals surface area contributed by atoms with Crippen molar-refractivity contribution in [2.24, 2.45) is 5.92 Å². The fourth-order valence-corrected chi connectivity index (χ4v) is 2.84. The number of hydrogen-bond acceptors (Lipinski definition) is 7. The molecule has 0 aliphatic heterocycles. The number of para-hydroxylation sites is 1. The molecule has 0 unspecified atom stereocenters. The molecular weight excluding hydrogens is 312 g/mol. The topological polar surface area (TPSA) is 82.5 Å². The van der Waals surface area contributed by atoms with E-state index in [9.17, 15) is 0 Å². The first-order valence-electron chi connectivity index (χ1n) is 7.44. The average Bonchev–Trinajstić information content (AvgIpc) is 3.17. The van der Waals surface area contributed by atoms with Gasteiger partial charge in [-0.15, -0.1) is 16.9 Å². The van der Waals surface area contributed by atoms with Gasteiger partial charge in [0, 0.05) is 6.42 Å². The molecule has 0 bridgehead atoms. The Morgan fingerprint density at radius 2 is 2.00 bits per heavy atom. The number of rotatable bonds is 7. The molecule has 0 saturated heterocycles. The van der Waals surface area contributed by atoms with Crippen LogP contribution in [0.2, 0.25) is 0 Å². The molecule has 2 heterocycles. The third-order valence-corrected chi connectivity index (χ3v) is 4.01. The zero-order valence-electron chi connectivity index (χ0n) is 13.1. The lowest BCUT2D eigenvalue weighted by Crippen LogP contribution is -2.02. The monoisotopic (exact) mass is 330 g/mol. The van der Waals surface area contributed by atoms with Gasteiger partial charge in [-0.1, -0.05) is 37.2 Å². The summed E-state index contributed by atoms with van der Waals surface area (Å²) in [6, 6.07) is 9.84. The lowest BCUT2D eigenvalue weighted by molar-refractivity contribution is 0.360. The number of benzene rings is 1. The van der Waals surface area contributed by atoms with E-state index in [4.69, 9.17) is 4.52 Å². The summed E-state index contributed by atoms with van der Waals surface area (Å²) in [7, 11) is 0. The molecule has 0 atom stereocenters. The predicted octanol–water partition coefficient (Wildman–Crippen LogP) is 2.68. The summed E-state index contributed by atoms with van der Waals surface area (Å²) < 4.78 is 6.98. The first kappa shape index (κ1) is 15.7. The molecule has 1 aromatic carbocycles. The second-order valence-corrected chi connectivity index (χ2v) is 6.52. The maximum absolute atomic E-state index is 5.24. The Hall–Kier alpha value is -2.22. The highest BCUT2D eigenvalue weighted by Gasteiger charge is 2.11. The highest BCUT2D eigenvalue weighted by atomic mass is 32.2. The third-order valence-electron chi connectivity index (χ3n) is 3.09. The van der Waals surface area contributed by atoms with E-state index in [1.54, 1.807) is 16.4 Å². The first-order chi connectivity index (χ1) is 11.2. The van der Waals surface area contributed by atoms with Crippen LogP contribution in [0.25, 0.3) is 5.69 Å². The van der Waals surface area contributed by atoms with Gasteiger partial charge >= 0.3 is 0 Å². The molecule has 0 fully saturated rings. The van der Waals surface area contributed by atoms with Crippen LogP contribution in [-0.2, 0) is 17.9 Å². The van der Waals surface area contributed by atoms with Gasteiger partial charge in [0.1, 0.15) is 0 Å². The molecule has 0 N–H and O–H groups in total. The number of thioether (sulfide) groups is 1. The van der Waals surface area contributed by atoms with Crippen molar-refractivity contribution in [3.8, 4) is 5.69 Å². The van der Waals surface area contributed by atoms with Crippen LogP contribution in [0.3, 0.4) is 0 Å². The van der Waals surface area contributed by atoms with Crippen LogP contribution >= 0.6 is 11.8 Å². The van der Waals surface area contributed by atoms with Crippen molar-refractivity contribution < 1.29 is 4.52 Å². The minimum atomic E-state index is 0.506. The van der Waals surface area contributed by atoms with Crippen LogP contribution in [0.4, 0.5) is 0 Å². The normalized spacial score (nSPS) is 11.3. The lowest BCUT2D eigenvalue weighted by atomic mass is 10.1. The minimum absolute atomic E-state index is 0.506. The van der Waals surface area contributed by atoms with E-state index in [1.165, 1.54) is 0 Å². The Morgan fingerprint density at radius 3 is 2.78 bits per heavy atom. The molecule has 120 valence electrons. The van der Waals surface area contributed by atoms with Gasteiger partial charge in [0.05, 0.1) is 17.2 Å². The zero-order valence-corrected chi connectivity index (χ0v) is 13.9. The molecule has 2 aromatic heterocycles. The standard InChI is InChI=1S/C15H18N6OS/c1-11(2)8-15-16-13(18-22-15)9-23-10-14-17-19-20-21(14)12-6-4-3-5-7-12/h3-7,11H,8-10H2,1-2H3. The van der Waals surface area contributed by atoms with E-state index in [0.717, 1.165) is 17.9 Å². The van der Waals surface area contributed by atoms with Gasteiger partial charge in [-0.25, -0.2) is 0 Å². The van der Waals surface area contributed by atoms with Gasteiger partial charge in [0.2, 0.25) is 5.89 Å². The van der Waals surface area contributed by atoms with Crippen molar-refractivity contribution in [2.45, 2.75) is 31.8 Å². The second-order valence-electron chi connectivity index (χ2n) is 5.54. The second kappa shape index (κ2) is 7.36. The maximum Gasteiger partial charge on any atom is 0.226 e. The van der Waals surface area contributed by atoms with Gasteiger partial charge in [-0.05, 0) is 28.5 Å². The number of aromatic nitrogens is 6. The molecule has 7 nitrogen and oxygen atoms in total. The van der Waals surface area contributed by atoms with Crippen molar-refractivity contribution in [1.29, 1.82) is 0 Å². The predicted molar refractivity (Wildman–Crippen MR) is 87.0 cm³/mol. The summed E-state index contributed by atoms with van der Waals surface area (Å²) in [5, 5.41) is 15.9. The number of hydrogen-bond donors (Lipinski definition) is 0. The molecule has 0 aliphatic carbocycles. The fraction of sp³-hybridized carbons (Fsp3) is 0.400. The van der Waals surface area contributed by atoms with E-state index in [1.807, 2.05) is 30.3 Å². The van der Waals surface area contributed by atoms with Crippen LogP contribution in [0, 0.1) is 5.92 Å². The highest BCUT2D eigenvalue weighted by Crippen LogP contribution is 2.17. The lowest BCUT2D eigenvalue weighted by Gasteiger charge is -2.03. The molecule has 0 aliphatic rings. The smallest absolute Gasteiger partial charge is 0.226 e. The van der Waals surface area contributed by atoms with E-state index in [-0.39, 0.29) is 0 Å². The average molecular weight is 330 g/mol. The first-order valence-corrected chi connectivity index (χ1v) is 8.59. The summed E-state index contributed by atoms with van der Waals surface area (Å²) in [6.07, 6.45) is 0.809. The van der Waals surface area contributed by atoms with Gasteiger partial charge in [-0.2, -0.15) is 9.67 Å².